The lowest BCUT2D eigenvalue weighted by Gasteiger charge is -2.10. The monoisotopic (exact) mass is 294 g/mol. The summed E-state index contributed by atoms with van der Waals surface area (Å²) in [6.07, 6.45) is 1.82. The van der Waals surface area contributed by atoms with Crippen molar-refractivity contribution in [3.05, 3.63) is 60.2 Å². The Balaban J connectivity index is 1.56. The minimum Gasteiger partial charge on any atom is -0.355 e. The van der Waals surface area contributed by atoms with Crippen molar-refractivity contribution in [2.45, 2.75) is 12.8 Å². The first-order valence-electron chi connectivity index (χ1n) is 7.96. The lowest BCUT2D eigenvalue weighted by molar-refractivity contribution is -0.124. The van der Waals surface area contributed by atoms with E-state index in [2.05, 4.69) is 59.2 Å². The normalized spacial score (nSPS) is 17.4. The lowest BCUT2D eigenvalue weighted by atomic mass is 10.0. The van der Waals surface area contributed by atoms with Crippen LogP contribution in [0.4, 0.5) is 0 Å². The zero-order valence-electron chi connectivity index (χ0n) is 12.7. The molecule has 0 saturated carbocycles. The predicted molar refractivity (Wildman–Crippen MR) is 89.6 cm³/mol. The van der Waals surface area contributed by atoms with Crippen molar-refractivity contribution in [1.82, 2.24) is 10.6 Å². The molecule has 3 rings (SSSR count). The molecule has 0 aliphatic carbocycles. The van der Waals surface area contributed by atoms with Gasteiger partial charge in [0, 0.05) is 13.1 Å². The highest BCUT2D eigenvalue weighted by atomic mass is 16.1. The van der Waals surface area contributed by atoms with E-state index in [1.807, 2.05) is 6.07 Å². The Morgan fingerprint density at radius 2 is 1.91 bits per heavy atom. The van der Waals surface area contributed by atoms with Gasteiger partial charge >= 0.3 is 0 Å². The average Bonchev–Trinajstić information content (AvgIpc) is 3.10. The van der Waals surface area contributed by atoms with Gasteiger partial charge in [-0.3, -0.25) is 4.79 Å². The van der Waals surface area contributed by atoms with E-state index in [4.69, 9.17) is 0 Å². The average molecular weight is 294 g/mol. The number of hydrogen-bond donors (Lipinski definition) is 2. The number of carbonyl (C=O) groups is 1. The van der Waals surface area contributed by atoms with Crippen LogP contribution in [-0.2, 0) is 11.2 Å². The van der Waals surface area contributed by atoms with Crippen LogP contribution in [0, 0.1) is 5.92 Å². The molecule has 2 aromatic rings. The van der Waals surface area contributed by atoms with E-state index in [-0.39, 0.29) is 11.8 Å². The third kappa shape index (κ3) is 3.74. The lowest BCUT2D eigenvalue weighted by Crippen LogP contribution is -2.33. The maximum atomic E-state index is 12.0. The van der Waals surface area contributed by atoms with E-state index in [0.717, 1.165) is 25.9 Å². The Hall–Kier alpha value is -2.13. The fourth-order valence-corrected chi connectivity index (χ4v) is 2.89. The molecule has 1 fully saturated rings. The van der Waals surface area contributed by atoms with Crippen LogP contribution in [0.15, 0.2) is 54.6 Å². The molecule has 22 heavy (non-hydrogen) atoms. The molecule has 2 N–H and O–H groups in total. The fraction of sp³-hybridized carbons (Fsp3) is 0.316. The van der Waals surface area contributed by atoms with Crippen molar-refractivity contribution in [3.8, 4) is 11.1 Å². The van der Waals surface area contributed by atoms with Crippen LogP contribution in [0.2, 0.25) is 0 Å². The Labute approximate surface area is 131 Å². The smallest absolute Gasteiger partial charge is 0.224 e. The number of rotatable bonds is 5. The summed E-state index contributed by atoms with van der Waals surface area (Å²) in [5.41, 5.74) is 3.71. The molecule has 1 atom stereocenters. The van der Waals surface area contributed by atoms with Gasteiger partial charge in [0.25, 0.3) is 0 Å². The first-order valence-corrected chi connectivity index (χ1v) is 7.96. The van der Waals surface area contributed by atoms with Crippen LogP contribution >= 0.6 is 0 Å². The summed E-state index contributed by atoms with van der Waals surface area (Å²) in [5.74, 6) is 0.333. The second-order valence-corrected chi connectivity index (χ2v) is 5.80. The number of hydrogen-bond acceptors (Lipinski definition) is 2. The zero-order valence-corrected chi connectivity index (χ0v) is 12.7. The second kappa shape index (κ2) is 7.23. The van der Waals surface area contributed by atoms with E-state index < -0.39 is 0 Å². The number of benzene rings is 2. The van der Waals surface area contributed by atoms with Crippen molar-refractivity contribution >= 4 is 5.91 Å². The first kappa shape index (κ1) is 14.8. The minimum atomic E-state index is 0.149. The van der Waals surface area contributed by atoms with Crippen LogP contribution < -0.4 is 10.6 Å². The quantitative estimate of drug-likeness (QED) is 0.890. The molecule has 0 spiro atoms. The predicted octanol–water partition coefficient (Wildman–Crippen LogP) is 2.62. The number of nitrogens with one attached hydrogen (secondary N) is 2. The van der Waals surface area contributed by atoms with E-state index >= 15 is 0 Å². The highest BCUT2D eigenvalue weighted by Gasteiger charge is 2.21. The molecule has 3 nitrogen and oxygen atoms in total. The van der Waals surface area contributed by atoms with Crippen LogP contribution in [0.5, 0.6) is 0 Å². The number of carbonyl (C=O) groups excluding carboxylic acids is 1. The van der Waals surface area contributed by atoms with Crippen molar-refractivity contribution in [3.63, 3.8) is 0 Å². The highest BCUT2D eigenvalue weighted by Crippen LogP contribution is 2.20. The van der Waals surface area contributed by atoms with Crippen molar-refractivity contribution in [2.75, 3.05) is 19.6 Å². The van der Waals surface area contributed by atoms with Crippen LogP contribution in [-0.4, -0.2) is 25.5 Å². The summed E-state index contributed by atoms with van der Waals surface area (Å²) >= 11 is 0. The standard InChI is InChI=1S/C19H22N2O/c22-19(18-10-11-20-14-18)21-12-9-15-5-4-8-17(13-15)16-6-2-1-3-7-16/h1-8,13,18,20H,9-12,14H2,(H,21,22). The van der Waals surface area contributed by atoms with Crippen LogP contribution in [0.25, 0.3) is 11.1 Å². The highest BCUT2D eigenvalue weighted by molar-refractivity contribution is 5.79. The van der Waals surface area contributed by atoms with Gasteiger partial charge in [-0.1, -0.05) is 54.6 Å². The van der Waals surface area contributed by atoms with E-state index in [1.54, 1.807) is 0 Å². The molecule has 1 saturated heterocycles. The fourth-order valence-electron chi connectivity index (χ4n) is 2.89. The molecule has 1 aliphatic rings. The molecule has 1 aliphatic heterocycles. The second-order valence-electron chi connectivity index (χ2n) is 5.80. The maximum absolute atomic E-state index is 12.0. The molecule has 0 aromatic heterocycles. The third-order valence-electron chi connectivity index (χ3n) is 4.18. The molecule has 0 radical (unpaired) electrons. The summed E-state index contributed by atoms with van der Waals surface area (Å²) < 4.78 is 0. The molecule has 114 valence electrons. The van der Waals surface area contributed by atoms with Gasteiger partial charge in [0.15, 0.2) is 0 Å². The summed E-state index contributed by atoms with van der Waals surface area (Å²) in [6, 6.07) is 18.9. The summed E-state index contributed by atoms with van der Waals surface area (Å²) in [5, 5.41) is 6.28. The van der Waals surface area contributed by atoms with Gasteiger partial charge in [-0.05, 0) is 36.1 Å². The maximum Gasteiger partial charge on any atom is 0.224 e. The topological polar surface area (TPSA) is 41.1 Å². The Bertz CT molecular complexity index is 618. The SMILES string of the molecule is O=C(NCCc1cccc(-c2ccccc2)c1)C1CCNC1. The molecule has 1 unspecified atom stereocenters. The van der Waals surface area contributed by atoms with E-state index in [0.29, 0.717) is 6.54 Å². The van der Waals surface area contributed by atoms with E-state index in [9.17, 15) is 4.79 Å². The molecule has 1 amide bonds. The summed E-state index contributed by atoms with van der Waals surface area (Å²) in [7, 11) is 0. The molecule has 1 heterocycles. The van der Waals surface area contributed by atoms with Gasteiger partial charge in [0.1, 0.15) is 0 Å². The molecular weight excluding hydrogens is 272 g/mol. The van der Waals surface area contributed by atoms with Gasteiger partial charge in [-0.15, -0.1) is 0 Å². The molecular formula is C19H22N2O. The van der Waals surface area contributed by atoms with Crippen molar-refractivity contribution in [1.29, 1.82) is 0 Å². The van der Waals surface area contributed by atoms with Gasteiger partial charge in [-0.25, -0.2) is 0 Å². The minimum absolute atomic E-state index is 0.149. The van der Waals surface area contributed by atoms with Gasteiger partial charge in [0.2, 0.25) is 5.91 Å². The summed E-state index contributed by atoms with van der Waals surface area (Å²) in [4.78, 5) is 12.0. The Morgan fingerprint density at radius 1 is 1.09 bits per heavy atom. The van der Waals surface area contributed by atoms with Gasteiger partial charge in [-0.2, -0.15) is 0 Å². The van der Waals surface area contributed by atoms with Gasteiger partial charge in [0.05, 0.1) is 5.92 Å². The molecule has 3 heteroatoms. The van der Waals surface area contributed by atoms with Crippen molar-refractivity contribution < 1.29 is 4.79 Å². The number of amides is 1. The third-order valence-corrected chi connectivity index (χ3v) is 4.18. The molecule has 0 bridgehead atoms. The Morgan fingerprint density at radius 3 is 2.68 bits per heavy atom. The van der Waals surface area contributed by atoms with Crippen molar-refractivity contribution in [2.24, 2.45) is 5.92 Å². The largest absolute Gasteiger partial charge is 0.355 e. The van der Waals surface area contributed by atoms with Crippen LogP contribution in [0.3, 0.4) is 0 Å². The van der Waals surface area contributed by atoms with Gasteiger partial charge < -0.3 is 10.6 Å². The zero-order chi connectivity index (χ0) is 15.2. The van der Waals surface area contributed by atoms with Crippen LogP contribution in [0.1, 0.15) is 12.0 Å². The molecule has 2 aromatic carbocycles. The van der Waals surface area contributed by atoms with E-state index in [1.165, 1.54) is 16.7 Å². The first-order chi connectivity index (χ1) is 10.8. The summed E-state index contributed by atoms with van der Waals surface area (Å²) in [6.45, 7) is 2.47. The Kier molecular flexibility index (Phi) is 4.86.